The highest BCUT2D eigenvalue weighted by atomic mass is 16.6. The molecule has 2 N–H and O–H groups in total. The van der Waals surface area contributed by atoms with Gasteiger partial charge in [0.25, 0.3) is 0 Å². The Kier molecular flexibility index (Phi) is 2.48. The molecule has 5 heteroatoms. The number of ether oxygens (including phenoxy) is 3. The lowest BCUT2D eigenvalue weighted by Gasteiger charge is -2.35. The molecule has 5 nitrogen and oxygen atoms in total. The van der Waals surface area contributed by atoms with E-state index in [1.54, 1.807) is 0 Å². The molecule has 0 amide bonds. The molecule has 3 heterocycles. The minimum Gasteiger partial charge on any atom is -0.486 e. The first-order valence-corrected chi connectivity index (χ1v) is 6.89. The number of nitrogen functional groups attached to an aromatic ring is 1. The molecule has 3 aliphatic heterocycles. The van der Waals surface area contributed by atoms with Crippen LogP contribution in [-0.2, 0) is 4.74 Å². The molecule has 2 atom stereocenters. The molecule has 2 fully saturated rings. The van der Waals surface area contributed by atoms with Gasteiger partial charge in [-0.3, -0.25) is 0 Å². The highest BCUT2D eigenvalue weighted by Crippen LogP contribution is 2.40. The van der Waals surface area contributed by atoms with Gasteiger partial charge < -0.3 is 24.8 Å². The third-order valence-corrected chi connectivity index (χ3v) is 4.08. The second-order valence-corrected chi connectivity index (χ2v) is 5.42. The van der Waals surface area contributed by atoms with Crippen LogP contribution >= 0.6 is 0 Å². The minimum absolute atomic E-state index is 0.353. The van der Waals surface area contributed by atoms with Gasteiger partial charge in [0.15, 0.2) is 11.5 Å². The first-order valence-electron chi connectivity index (χ1n) is 6.89. The van der Waals surface area contributed by atoms with Gasteiger partial charge in [0.05, 0.1) is 23.6 Å². The molecule has 0 spiro atoms. The van der Waals surface area contributed by atoms with Crippen molar-refractivity contribution < 1.29 is 14.2 Å². The molecule has 2 bridgehead atoms. The molecule has 102 valence electrons. The Labute approximate surface area is 112 Å². The van der Waals surface area contributed by atoms with Gasteiger partial charge in [0, 0.05) is 25.2 Å². The molecule has 0 radical (unpaired) electrons. The number of morpholine rings is 1. The van der Waals surface area contributed by atoms with Crippen LogP contribution in [-0.4, -0.2) is 38.5 Å². The average Bonchev–Trinajstić information content (AvgIpc) is 2.76. The topological polar surface area (TPSA) is 57.0 Å². The van der Waals surface area contributed by atoms with Crippen LogP contribution in [0.25, 0.3) is 0 Å². The molecule has 19 heavy (non-hydrogen) atoms. The summed E-state index contributed by atoms with van der Waals surface area (Å²) < 4.78 is 17.1. The molecule has 0 aliphatic carbocycles. The van der Waals surface area contributed by atoms with Crippen molar-refractivity contribution in [2.24, 2.45) is 0 Å². The quantitative estimate of drug-likeness (QED) is 0.775. The van der Waals surface area contributed by atoms with Gasteiger partial charge in [-0.15, -0.1) is 0 Å². The van der Waals surface area contributed by atoms with Crippen molar-refractivity contribution in [1.29, 1.82) is 0 Å². The summed E-state index contributed by atoms with van der Waals surface area (Å²) in [5.41, 5.74) is 7.97. The second kappa shape index (κ2) is 4.20. The van der Waals surface area contributed by atoms with E-state index in [1.807, 2.05) is 12.1 Å². The standard InChI is InChI=1S/C14H18N2O3/c15-11-5-13-14(18-4-3-17-13)6-12(11)16-7-9-1-2-10(8-16)19-9/h5-6,9-10H,1-4,7-8,15H2. The van der Waals surface area contributed by atoms with Crippen molar-refractivity contribution >= 4 is 11.4 Å². The molecule has 1 aromatic carbocycles. The summed E-state index contributed by atoms with van der Waals surface area (Å²) in [7, 11) is 0. The van der Waals surface area contributed by atoms with E-state index < -0.39 is 0 Å². The number of fused-ring (bicyclic) bond motifs is 3. The van der Waals surface area contributed by atoms with Crippen molar-refractivity contribution in [1.82, 2.24) is 0 Å². The van der Waals surface area contributed by atoms with Gasteiger partial charge >= 0.3 is 0 Å². The summed E-state index contributed by atoms with van der Waals surface area (Å²) in [4.78, 5) is 2.32. The van der Waals surface area contributed by atoms with E-state index in [-0.39, 0.29) is 0 Å². The van der Waals surface area contributed by atoms with Gasteiger partial charge in [-0.2, -0.15) is 0 Å². The van der Waals surface area contributed by atoms with Crippen molar-refractivity contribution in [2.45, 2.75) is 25.0 Å². The number of anilines is 2. The van der Waals surface area contributed by atoms with Crippen LogP contribution in [0, 0.1) is 0 Å². The van der Waals surface area contributed by atoms with Crippen molar-refractivity contribution in [3.63, 3.8) is 0 Å². The van der Waals surface area contributed by atoms with Crippen LogP contribution < -0.4 is 20.1 Å². The number of hydrogen-bond donors (Lipinski definition) is 1. The largest absolute Gasteiger partial charge is 0.486 e. The molecule has 2 saturated heterocycles. The number of benzene rings is 1. The van der Waals surface area contributed by atoms with E-state index in [4.69, 9.17) is 19.9 Å². The zero-order valence-corrected chi connectivity index (χ0v) is 10.8. The highest BCUT2D eigenvalue weighted by molar-refractivity contribution is 5.73. The fraction of sp³-hybridized carbons (Fsp3) is 0.571. The van der Waals surface area contributed by atoms with Crippen molar-refractivity contribution in [2.75, 3.05) is 36.9 Å². The Morgan fingerprint density at radius 3 is 2.32 bits per heavy atom. The monoisotopic (exact) mass is 262 g/mol. The molecule has 4 rings (SSSR count). The van der Waals surface area contributed by atoms with Crippen LogP contribution in [0.4, 0.5) is 11.4 Å². The van der Waals surface area contributed by atoms with Crippen molar-refractivity contribution in [3.8, 4) is 11.5 Å². The maximum atomic E-state index is 6.17. The first-order chi connectivity index (χ1) is 9.29. The van der Waals surface area contributed by atoms with Gasteiger partial charge in [0.2, 0.25) is 0 Å². The third kappa shape index (κ3) is 1.89. The highest BCUT2D eigenvalue weighted by Gasteiger charge is 2.34. The van der Waals surface area contributed by atoms with E-state index in [1.165, 1.54) is 0 Å². The fourth-order valence-corrected chi connectivity index (χ4v) is 3.18. The molecular weight excluding hydrogens is 244 g/mol. The third-order valence-electron chi connectivity index (χ3n) is 4.08. The lowest BCUT2D eigenvalue weighted by molar-refractivity contribution is 0.0305. The number of nitrogens with zero attached hydrogens (tertiary/aromatic N) is 1. The van der Waals surface area contributed by atoms with Crippen molar-refractivity contribution in [3.05, 3.63) is 12.1 Å². The Morgan fingerprint density at radius 1 is 1.00 bits per heavy atom. The average molecular weight is 262 g/mol. The van der Waals surface area contributed by atoms with E-state index in [0.717, 1.165) is 48.8 Å². The zero-order valence-electron chi connectivity index (χ0n) is 10.8. The second-order valence-electron chi connectivity index (χ2n) is 5.42. The lowest BCUT2D eigenvalue weighted by Crippen LogP contribution is -2.43. The summed E-state index contributed by atoms with van der Waals surface area (Å²) in [6, 6.07) is 3.88. The SMILES string of the molecule is Nc1cc2c(cc1N1CC3CCC(C1)O3)OCCO2. The fourth-order valence-electron chi connectivity index (χ4n) is 3.18. The molecular formula is C14H18N2O3. The Morgan fingerprint density at radius 2 is 1.63 bits per heavy atom. The molecule has 1 aromatic rings. The van der Waals surface area contributed by atoms with Crippen LogP contribution in [0.5, 0.6) is 11.5 Å². The Hall–Kier alpha value is -1.62. The Bertz CT molecular complexity index is 494. The molecule has 0 saturated carbocycles. The van der Waals surface area contributed by atoms with E-state index in [0.29, 0.717) is 25.4 Å². The summed E-state index contributed by atoms with van der Waals surface area (Å²) in [5, 5.41) is 0. The van der Waals surface area contributed by atoms with Crippen LogP contribution in [0.2, 0.25) is 0 Å². The number of nitrogens with two attached hydrogens (primary N) is 1. The number of rotatable bonds is 1. The molecule has 0 aromatic heterocycles. The summed E-state index contributed by atoms with van der Waals surface area (Å²) in [6.07, 6.45) is 3.02. The van der Waals surface area contributed by atoms with Gasteiger partial charge in [-0.1, -0.05) is 0 Å². The van der Waals surface area contributed by atoms with E-state index in [9.17, 15) is 0 Å². The maximum absolute atomic E-state index is 6.17. The maximum Gasteiger partial charge on any atom is 0.163 e. The zero-order chi connectivity index (χ0) is 12.8. The lowest BCUT2D eigenvalue weighted by atomic mass is 10.2. The normalized spacial score (nSPS) is 28.5. The van der Waals surface area contributed by atoms with E-state index in [2.05, 4.69) is 4.90 Å². The summed E-state index contributed by atoms with van der Waals surface area (Å²) in [6.45, 7) is 3.03. The molecule has 3 aliphatic rings. The molecule has 2 unspecified atom stereocenters. The van der Waals surface area contributed by atoms with Crippen LogP contribution in [0.15, 0.2) is 12.1 Å². The van der Waals surface area contributed by atoms with Crippen LogP contribution in [0.3, 0.4) is 0 Å². The predicted octanol–water partition coefficient (Wildman–Crippen LogP) is 1.41. The smallest absolute Gasteiger partial charge is 0.163 e. The van der Waals surface area contributed by atoms with Gasteiger partial charge in [-0.25, -0.2) is 0 Å². The van der Waals surface area contributed by atoms with E-state index >= 15 is 0 Å². The van der Waals surface area contributed by atoms with Gasteiger partial charge in [0.1, 0.15) is 13.2 Å². The van der Waals surface area contributed by atoms with Gasteiger partial charge in [-0.05, 0) is 12.8 Å². The predicted molar refractivity (Wildman–Crippen MR) is 72.0 cm³/mol. The summed E-state index contributed by atoms with van der Waals surface area (Å²) >= 11 is 0. The van der Waals surface area contributed by atoms with Crippen LogP contribution in [0.1, 0.15) is 12.8 Å². The summed E-state index contributed by atoms with van der Waals surface area (Å²) in [5.74, 6) is 1.55. The minimum atomic E-state index is 0.353. The number of hydrogen-bond acceptors (Lipinski definition) is 5. The first kappa shape index (κ1) is 11.2. The Balaban J connectivity index is 1.67.